The lowest BCUT2D eigenvalue weighted by atomic mass is 10.1. The highest BCUT2D eigenvalue weighted by atomic mass is 16.5. The van der Waals surface area contributed by atoms with Gasteiger partial charge < -0.3 is 20.2 Å². The van der Waals surface area contributed by atoms with Crippen LogP contribution in [0.5, 0.6) is 5.75 Å². The molecule has 0 aliphatic rings. The Hall–Kier alpha value is -2.43. The number of anilines is 1. The number of methoxy groups -OCH3 is 2. The van der Waals surface area contributed by atoms with Gasteiger partial charge in [-0.15, -0.1) is 0 Å². The van der Waals surface area contributed by atoms with Crippen molar-refractivity contribution >= 4 is 11.7 Å². The SMILES string of the molecule is COC(=O)c1[nH]cc(-c2ccc(OC)cc2)c1N. The minimum absolute atomic E-state index is 0.267. The van der Waals surface area contributed by atoms with Gasteiger partial charge in [-0.2, -0.15) is 0 Å². The summed E-state index contributed by atoms with van der Waals surface area (Å²) >= 11 is 0. The zero-order valence-electron chi connectivity index (χ0n) is 10.2. The minimum Gasteiger partial charge on any atom is -0.497 e. The first-order valence-electron chi connectivity index (χ1n) is 5.37. The predicted octanol–water partition coefficient (Wildman–Crippen LogP) is 2.06. The molecule has 0 aliphatic carbocycles. The van der Waals surface area contributed by atoms with Crippen LogP contribution in [0.25, 0.3) is 11.1 Å². The first-order chi connectivity index (χ1) is 8.67. The molecule has 5 nitrogen and oxygen atoms in total. The van der Waals surface area contributed by atoms with Crippen LogP contribution in [0.3, 0.4) is 0 Å². The average Bonchev–Trinajstić information content (AvgIpc) is 2.80. The molecule has 5 heteroatoms. The molecule has 3 N–H and O–H groups in total. The van der Waals surface area contributed by atoms with Gasteiger partial charge in [0.1, 0.15) is 11.4 Å². The van der Waals surface area contributed by atoms with E-state index >= 15 is 0 Å². The number of nitrogen functional groups attached to an aromatic ring is 1. The van der Waals surface area contributed by atoms with Crippen molar-refractivity contribution in [2.45, 2.75) is 0 Å². The maximum Gasteiger partial charge on any atom is 0.356 e. The van der Waals surface area contributed by atoms with Crippen LogP contribution in [-0.2, 0) is 4.74 Å². The highest BCUT2D eigenvalue weighted by Gasteiger charge is 2.16. The van der Waals surface area contributed by atoms with Gasteiger partial charge >= 0.3 is 5.97 Å². The van der Waals surface area contributed by atoms with Crippen molar-refractivity contribution in [3.8, 4) is 16.9 Å². The third-order valence-electron chi connectivity index (χ3n) is 2.71. The molecule has 0 spiro atoms. The molecule has 1 aromatic heterocycles. The molecule has 0 atom stereocenters. The number of ether oxygens (including phenoxy) is 2. The summed E-state index contributed by atoms with van der Waals surface area (Å²) in [6.07, 6.45) is 1.68. The summed E-state index contributed by atoms with van der Waals surface area (Å²) in [6, 6.07) is 7.41. The van der Waals surface area contributed by atoms with E-state index in [9.17, 15) is 4.79 Å². The number of esters is 1. The summed E-state index contributed by atoms with van der Waals surface area (Å²) < 4.78 is 9.72. The molecule has 0 bridgehead atoms. The smallest absolute Gasteiger partial charge is 0.356 e. The van der Waals surface area contributed by atoms with Crippen molar-refractivity contribution in [2.24, 2.45) is 0 Å². The van der Waals surface area contributed by atoms with Crippen molar-refractivity contribution in [1.82, 2.24) is 4.98 Å². The van der Waals surface area contributed by atoms with Gasteiger partial charge in [0.25, 0.3) is 0 Å². The van der Waals surface area contributed by atoms with Crippen LogP contribution in [0.15, 0.2) is 30.5 Å². The van der Waals surface area contributed by atoms with Crippen molar-refractivity contribution in [3.63, 3.8) is 0 Å². The molecule has 0 aliphatic heterocycles. The number of rotatable bonds is 3. The van der Waals surface area contributed by atoms with Crippen LogP contribution in [0.1, 0.15) is 10.5 Å². The lowest BCUT2D eigenvalue weighted by Crippen LogP contribution is -2.04. The highest BCUT2D eigenvalue weighted by molar-refractivity contribution is 5.98. The number of H-pyrrole nitrogens is 1. The number of hydrogen-bond acceptors (Lipinski definition) is 4. The van der Waals surface area contributed by atoms with Crippen molar-refractivity contribution < 1.29 is 14.3 Å². The molecule has 2 rings (SSSR count). The maximum atomic E-state index is 11.4. The normalized spacial score (nSPS) is 10.1. The average molecular weight is 246 g/mol. The molecule has 0 radical (unpaired) electrons. The van der Waals surface area contributed by atoms with Gasteiger partial charge in [0.15, 0.2) is 0 Å². The molecule has 1 aromatic carbocycles. The molecule has 2 aromatic rings. The molecule has 0 saturated heterocycles. The molecular formula is C13H14N2O3. The predicted molar refractivity (Wildman–Crippen MR) is 68.5 cm³/mol. The number of benzene rings is 1. The Morgan fingerprint density at radius 2 is 1.89 bits per heavy atom. The van der Waals surface area contributed by atoms with Gasteiger partial charge in [-0.25, -0.2) is 4.79 Å². The van der Waals surface area contributed by atoms with E-state index in [1.165, 1.54) is 7.11 Å². The first kappa shape index (κ1) is 12.0. The molecule has 18 heavy (non-hydrogen) atoms. The lowest BCUT2D eigenvalue weighted by Gasteiger charge is -2.03. The zero-order chi connectivity index (χ0) is 13.1. The van der Waals surface area contributed by atoms with Gasteiger partial charge in [0.05, 0.1) is 19.9 Å². The Kier molecular flexibility index (Phi) is 3.23. The van der Waals surface area contributed by atoms with Crippen LogP contribution >= 0.6 is 0 Å². The Balaban J connectivity index is 2.39. The molecule has 0 unspecified atom stereocenters. The van der Waals surface area contributed by atoms with Crippen molar-refractivity contribution in [2.75, 3.05) is 20.0 Å². The Labute approximate surface area is 105 Å². The van der Waals surface area contributed by atoms with E-state index in [2.05, 4.69) is 9.72 Å². The second-order valence-corrected chi connectivity index (χ2v) is 3.71. The number of aromatic amines is 1. The third kappa shape index (κ3) is 2.02. The third-order valence-corrected chi connectivity index (χ3v) is 2.71. The molecular weight excluding hydrogens is 232 g/mol. The van der Waals surface area contributed by atoms with Gasteiger partial charge in [-0.1, -0.05) is 12.1 Å². The van der Waals surface area contributed by atoms with E-state index in [1.807, 2.05) is 24.3 Å². The lowest BCUT2D eigenvalue weighted by molar-refractivity contribution is 0.0596. The van der Waals surface area contributed by atoms with Crippen LogP contribution in [0.4, 0.5) is 5.69 Å². The Morgan fingerprint density at radius 1 is 1.22 bits per heavy atom. The zero-order valence-corrected chi connectivity index (χ0v) is 10.2. The second kappa shape index (κ2) is 4.83. The Bertz CT molecular complexity index is 558. The summed E-state index contributed by atoms with van der Waals surface area (Å²) in [6.45, 7) is 0. The van der Waals surface area contributed by atoms with Crippen LogP contribution in [0, 0.1) is 0 Å². The monoisotopic (exact) mass is 246 g/mol. The van der Waals surface area contributed by atoms with E-state index in [0.29, 0.717) is 5.69 Å². The van der Waals surface area contributed by atoms with Crippen LogP contribution in [-0.4, -0.2) is 25.2 Å². The Morgan fingerprint density at radius 3 is 2.44 bits per heavy atom. The fraction of sp³-hybridized carbons (Fsp3) is 0.154. The van der Waals surface area contributed by atoms with E-state index in [1.54, 1.807) is 13.3 Å². The van der Waals surface area contributed by atoms with Gasteiger partial charge in [-0.3, -0.25) is 0 Å². The number of hydrogen-bond donors (Lipinski definition) is 2. The fourth-order valence-electron chi connectivity index (χ4n) is 1.71. The second-order valence-electron chi connectivity index (χ2n) is 3.71. The topological polar surface area (TPSA) is 77.3 Å². The first-order valence-corrected chi connectivity index (χ1v) is 5.37. The minimum atomic E-state index is -0.479. The van der Waals surface area contributed by atoms with E-state index in [0.717, 1.165) is 16.9 Å². The number of aromatic nitrogens is 1. The van der Waals surface area contributed by atoms with Crippen molar-refractivity contribution in [3.05, 3.63) is 36.2 Å². The van der Waals surface area contributed by atoms with Gasteiger partial charge in [0, 0.05) is 11.8 Å². The van der Waals surface area contributed by atoms with Gasteiger partial charge in [0.2, 0.25) is 0 Å². The number of nitrogens with two attached hydrogens (primary N) is 1. The molecule has 94 valence electrons. The summed E-state index contributed by atoms with van der Waals surface area (Å²) in [5, 5.41) is 0. The quantitative estimate of drug-likeness (QED) is 0.812. The van der Waals surface area contributed by atoms with E-state index < -0.39 is 5.97 Å². The summed E-state index contributed by atoms with van der Waals surface area (Å²) in [5.41, 5.74) is 8.23. The highest BCUT2D eigenvalue weighted by Crippen LogP contribution is 2.30. The van der Waals surface area contributed by atoms with E-state index in [4.69, 9.17) is 10.5 Å². The molecule has 0 saturated carbocycles. The number of nitrogens with one attached hydrogen (secondary N) is 1. The standard InChI is InChI=1S/C13H14N2O3/c1-17-9-5-3-8(4-6-9)10-7-15-12(11(10)14)13(16)18-2/h3-7,15H,14H2,1-2H3. The molecule has 0 fully saturated rings. The maximum absolute atomic E-state index is 11.4. The summed E-state index contributed by atoms with van der Waals surface area (Å²) in [7, 11) is 2.92. The fourth-order valence-corrected chi connectivity index (χ4v) is 1.71. The summed E-state index contributed by atoms with van der Waals surface area (Å²) in [4.78, 5) is 14.2. The van der Waals surface area contributed by atoms with Crippen molar-refractivity contribution in [1.29, 1.82) is 0 Å². The molecule has 1 heterocycles. The van der Waals surface area contributed by atoms with E-state index in [-0.39, 0.29) is 5.69 Å². The van der Waals surface area contributed by atoms with Crippen LogP contribution < -0.4 is 10.5 Å². The van der Waals surface area contributed by atoms with Crippen LogP contribution in [0.2, 0.25) is 0 Å². The van der Waals surface area contributed by atoms with Gasteiger partial charge in [-0.05, 0) is 17.7 Å². The number of carbonyl (C=O) groups excluding carboxylic acids is 1. The molecule has 0 amide bonds. The summed E-state index contributed by atoms with van der Waals surface area (Å²) in [5.74, 6) is 0.285. The number of carbonyl (C=O) groups is 1. The largest absolute Gasteiger partial charge is 0.497 e.